The van der Waals surface area contributed by atoms with Crippen molar-refractivity contribution in [2.45, 2.75) is 6.17 Å². The summed E-state index contributed by atoms with van der Waals surface area (Å²) in [4.78, 5) is 21.8. The van der Waals surface area contributed by atoms with Crippen LogP contribution in [0, 0.1) is 0 Å². The highest BCUT2D eigenvalue weighted by atomic mass is 79.9. The smallest absolute Gasteiger partial charge is 0.330 e. The number of urea groups is 1. The van der Waals surface area contributed by atoms with E-state index in [1.807, 2.05) is 0 Å². The molecule has 0 aromatic heterocycles. The average molecular weight is 249 g/mol. The van der Waals surface area contributed by atoms with Crippen molar-refractivity contribution in [3.63, 3.8) is 0 Å². The van der Waals surface area contributed by atoms with Crippen LogP contribution >= 0.6 is 15.9 Å². The number of carbonyl (C=O) groups excluding carboxylic acids is 2. The summed E-state index contributed by atoms with van der Waals surface area (Å²) in [6.07, 6.45) is -0.723. The van der Waals surface area contributed by atoms with Crippen molar-refractivity contribution >= 4 is 27.9 Å². The quantitative estimate of drug-likeness (QED) is 0.526. The largest absolute Gasteiger partial charge is 0.348 e. The van der Waals surface area contributed by atoms with Crippen LogP contribution in [0.3, 0.4) is 0 Å². The molecule has 0 spiro atoms. The van der Waals surface area contributed by atoms with Crippen molar-refractivity contribution in [2.75, 3.05) is 6.54 Å². The molecule has 13 heavy (non-hydrogen) atoms. The van der Waals surface area contributed by atoms with E-state index in [1.165, 1.54) is 0 Å². The van der Waals surface area contributed by atoms with E-state index in [0.29, 0.717) is 11.0 Å². The molecule has 7 heteroatoms. The van der Waals surface area contributed by atoms with Gasteiger partial charge in [0.15, 0.2) is 6.17 Å². The van der Waals surface area contributed by atoms with Crippen molar-refractivity contribution in [3.8, 4) is 0 Å². The van der Waals surface area contributed by atoms with Crippen LogP contribution in [0.15, 0.2) is 11.1 Å². The summed E-state index contributed by atoms with van der Waals surface area (Å²) in [6.45, 7) is 3.87. The molecule has 1 aliphatic heterocycles. The van der Waals surface area contributed by atoms with Crippen LogP contribution in [-0.4, -0.2) is 24.6 Å². The molecule has 1 saturated heterocycles. The minimum absolute atomic E-state index is 0.320. The third-order valence-electron chi connectivity index (χ3n) is 1.32. The first-order valence-corrected chi connectivity index (χ1v) is 4.32. The number of hydrogen-bond donors (Lipinski definition) is 4. The Morgan fingerprint density at radius 2 is 2.38 bits per heavy atom. The number of nitrogens with one attached hydrogen (secondary N) is 4. The molecule has 0 aromatic rings. The van der Waals surface area contributed by atoms with Gasteiger partial charge in [-0.25, -0.2) is 10.2 Å². The zero-order valence-electron chi connectivity index (χ0n) is 6.69. The van der Waals surface area contributed by atoms with Gasteiger partial charge in [-0.05, 0) is 0 Å². The third-order valence-corrected chi connectivity index (χ3v) is 1.60. The van der Waals surface area contributed by atoms with E-state index >= 15 is 0 Å². The molecule has 0 radical (unpaired) electrons. The second-order valence-corrected chi connectivity index (χ2v) is 3.53. The van der Waals surface area contributed by atoms with Crippen molar-refractivity contribution in [2.24, 2.45) is 0 Å². The van der Waals surface area contributed by atoms with Crippen LogP contribution in [0.25, 0.3) is 0 Å². The van der Waals surface area contributed by atoms with E-state index < -0.39 is 12.2 Å². The number of carbonyl (C=O) groups is 2. The Bertz CT molecular complexity index is 255. The standard InChI is InChI=1S/C6H9BrN4O2/c1-3(7)2-8-5(12)4-9-6(13)11-10-4/h4,10H,1-2H2,(H,8,12)(H2,9,11,13). The summed E-state index contributed by atoms with van der Waals surface area (Å²) in [7, 11) is 0. The Morgan fingerprint density at radius 3 is 2.85 bits per heavy atom. The molecule has 1 heterocycles. The van der Waals surface area contributed by atoms with Crippen molar-refractivity contribution < 1.29 is 9.59 Å². The number of rotatable bonds is 3. The minimum atomic E-state index is -0.723. The highest BCUT2D eigenvalue weighted by Crippen LogP contribution is 1.96. The Hall–Kier alpha value is -1.08. The predicted molar refractivity (Wildman–Crippen MR) is 49.7 cm³/mol. The fourth-order valence-electron chi connectivity index (χ4n) is 0.757. The van der Waals surface area contributed by atoms with E-state index in [0.717, 1.165) is 0 Å². The van der Waals surface area contributed by atoms with Gasteiger partial charge < -0.3 is 10.6 Å². The average Bonchev–Trinajstić information content (AvgIpc) is 2.47. The molecule has 6 nitrogen and oxygen atoms in total. The third kappa shape index (κ3) is 3.03. The molecule has 3 amide bonds. The van der Waals surface area contributed by atoms with Crippen molar-refractivity contribution in [3.05, 3.63) is 11.1 Å². The van der Waals surface area contributed by atoms with E-state index in [-0.39, 0.29) is 5.91 Å². The zero-order valence-corrected chi connectivity index (χ0v) is 8.27. The van der Waals surface area contributed by atoms with Gasteiger partial charge in [-0.3, -0.25) is 10.2 Å². The zero-order chi connectivity index (χ0) is 9.84. The first-order chi connectivity index (χ1) is 6.09. The second-order valence-electron chi connectivity index (χ2n) is 2.41. The van der Waals surface area contributed by atoms with Gasteiger partial charge in [-0.1, -0.05) is 22.5 Å². The number of halogens is 1. The maximum Gasteiger partial charge on any atom is 0.330 e. The Morgan fingerprint density at radius 1 is 1.69 bits per heavy atom. The molecule has 1 fully saturated rings. The van der Waals surface area contributed by atoms with Crippen LogP contribution in [-0.2, 0) is 4.79 Å². The molecule has 0 bridgehead atoms. The summed E-state index contributed by atoms with van der Waals surface area (Å²) in [6, 6.07) is -0.419. The van der Waals surface area contributed by atoms with Crippen molar-refractivity contribution in [1.29, 1.82) is 0 Å². The Balaban J connectivity index is 2.31. The van der Waals surface area contributed by atoms with Gasteiger partial charge in [-0.2, -0.15) is 0 Å². The summed E-state index contributed by atoms with van der Waals surface area (Å²) < 4.78 is 0.665. The topological polar surface area (TPSA) is 82.3 Å². The molecule has 72 valence electrons. The second kappa shape index (κ2) is 4.24. The summed E-state index contributed by atoms with van der Waals surface area (Å²) in [5, 5.41) is 4.90. The van der Waals surface area contributed by atoms with Crippen molar-refractivity contribution in [1.82, 2.24) is 21.5 Å². The summed E-state index contributed by atoms with van der Waals surface area (Å²) in [5.41, 5.74) is 4.71. The predicted octanol–water partition coefficient (Wildman–Crippen LogP) is -0.845. The summed E-state index contributed by atoms with van der Waals surface area (Å²) >= 11 is 3.09. The fourth-order valence-corrected chi connectivity index (χ4v) is 0.897. The monoisotopic (exact) mass is 248 g/mol. The van der Waals surface area contributed by atoms with Crippen LogP contribution < -0.4 is 21.5 Å². The van der Waals surface area contributed by atoms with Gasteiger partial charge in [0.25, 0.3) is 5.91 Å². The van der Waals surface area contributed by atoms with Crippen LogP contribution in [0.1, 0.15) is 0 Å². The molecule has 0 aliphatic carbocycles. The van der Waals surface area contributed by atoms with E-state index in [1.54, 1.807) is 0 Å². The molecule has 0 saturated carbocycles. The molecule has 1 aliphatic rings. The van der Waals surface area contributed by atoms with E-state index in [4.69, 9.17) is 0 Å². The summed E-state index contributed by atoms with van der Waals surface area (Å²) in [5.74, 6) is -0.320. The maximum absolute atomic E-state index is 11.2. The first-order valence-electron chi connectivity index (χ1n) is 3.52. The highest BCUT2D eigenvalue weighted by Gasteiger charge is 2.25. The highest BCUT2D eigenvalue weighted by molar-refractivity contribution is 9.11. The Kier molecular flexibility index (Phi) is 3.26. The maximum atomic E-state index is 11.2. The SMILES string of the molecule is C=C(Br)CNC(=O)C1NNC(=O)N1. The number of hydrazine groups is 1. The van der Waals surface area contributed by atoms with Gasteiger partial charge in [-0.15, -0.1) is 0 Å². The molecule has 1 unspecified atom stereocenters. The lowest BCUT2D eigenvalue weighted by Crippen LogP contribution is -2.48. The van der Waals surface area contributed by atoms with Gasteiger partial charge >= 0.3 is 6.03 Å². The molecule has 0 aromatic carbocycles. The van der Waals surface area contributed by atoms with Gasteiger partial charge in [0.05, 0.1) is 0 Å². The van der Waals surface area contributed by atoms with Gasteiger partial charge in [0.1, 0.15) is 0 Å². The van der Waals surface area contributed by atoms with Gasteiger partial charge in [0, 0.05) is 11.0 Å². The van der Waals surface area contributed by atoms with E-state index in [2.05, 4.69) is 44.0 Å². The molecule has 1 atom stereocenters. The minimum Gasteiger partial charge on any atom is -0.348 e. The van der Waals surface area contributed by atoms with Gasteiger partial charge in [0.2, 0.25) is 0 Å². The molecular formula is C6H9BrN4O2. The lowest BCUT2D eigenvalue weighted by Gasteiger charge is -2.08. The lowest BCUT2D eigenvalue weighted by atomic mass is 10.4. The number of hydrogen-bond acceptors (Lipinski definition) is 3. The van der Waals surface area contributed by atoms with Crippen LogP contribution in [0.5, 0.6) is 0 Å². The lowest BCUT2D eigenvalue weighted by molar-refractivity contribution is -0.123. The Labute approximate surface area is 83.2 Å². The van der Waals surface area contributed by atoms with Crippen LogP contribution in [0.2, 0.25) is 0 Å². The molecular weight excluding hydrogens is 240 g/mol. The number of amides is 3. The van der Waals surface area contributed by atoms with E-state index in [9.17, 15) is 9.59 Å². The fraction of sp³-hybridized carbons (Fsp3) is 0.333. The normalized spacial score (nSPS) is 20.4. The first kappa shape index (κ1) is 10.0. The molecule has 4 N–H and O–H groups in total. The van der Waals surface area contributed by atoms with Crippen LogP contribution in [0.4, 0.5) is 4.79 Å². The molecule has 1 rings (SSSR count).